The smallest absolute Gasteiger partial charge is 0.344 e. The predicted molar refractivity (Wildman–Crippen MR) is 202 cm³/mol. The van der Waals surface area contributed by atoms with Gasteiger partial charge in [-0.1, -0.05) is 75.4 Å². The van der Waals surface area contributed by atoms with Crippen LogP contribution in [0.2, 0.25) is 0 Å². The summed E-state index contributed by atoms with van der Waals surface area (Å²) in [7, 11) is -2.80. The van der Waals surface area contributed by atoms with Crippen LogP contribution in [-0.2, 0) is 27.9 Å². The molecular formula is C37H41N7O6S2. The van der Waals surface area contributed by atoms with Crippen LogP contribution in [0, 0.1) is 19.8 Å². The number of hydrogen-bond acceptors (Lipinski definition) is 10. The first kappa shape index (κ1) is 38.0. The highest BCUT2D eigenvalue weighted by Crippen LogP contribution is 2.33. The molecule has 52 heavy (non-hydrogen) atoms. The third kappa shape index (κ3) is 9.36. The number of urea groups is 1. The van der Waals surface area contributed by atoms with E-state index in [4.69, 9.17) is 19.7 Å². The highest BCUT2D eigenvalue weighted by molar-refractivity contribution is 7.88. The average Bonchev–Trinajstić information content (AvgIpc) is 3.76. The van der Waals surface area contributed by atoms with E-state index in [1.165, 1.54) is 13.3 Å². The van der Waals surface area contributed by atoms with Crippen LogP contribution in [-0.4, -0.2) is 57.5 Å². The molecule has 3 N–H and O–H groups in total. The van der Waals surface area contributed by atoms with Gasteiger partial charge in [-0.2, -0.15) is 13.5 Å². The summed E-state index contributed by atoms with van der Waals surface area (Å²) in [5.41, 5.74) is 10.2. The predicted octanol–water partition coefficient (Wildman–Crippen LogP) is 7.50. The van der Waals surface area contributed by atoms with E-state index in [9.17, 15) is 17.8 Å². The normalized spacial score (nSPS) is 11.3. The number of nitrogens with one attached hydrogen (secondary N) is 2. The van der Waals surface area contributed by atoms with Crippen molar-refractivity contribution in [3.63, 3.8) is 0 Å². The van der Waals surface area contributed by atoms with Gasteiger partial charge in [-0.25, -0.2) is 20.2 Å². The zero-order valence-corrected chi connectivity index (χ0v) is 31.4. The van der Waals surface area contributed by atoms with E-state index in [0.717, 1.165) is 62.4 Å². The zero-order valence-electron chi connectivity index (χ0n) is 29.7. The zero-order chi connectivity index (χ0) is 37.4. The molecule has 4 heterocycles. The second-order valence-corrected chi connectivity index (χ2v) is 14.8. The Bertz CT molecular complexity index is 2250. The van der Waals surface area contributed by atoms with Crippen molar-refractivity contribution in [2.24, 2.45) is 5.92 Å². The number of carbonyl (C=O) groups is 1. The Morgan fingerprint density at radius 3 is 2.40 bits per heavy atom. The number of aryl methyl sites for hydroxylation is 3. The first-order valence-electron chi connectivity index (χ1n) is 16.5. The number of benzene rings is 2. The van der Waals surface area contributed by atoms with Crippen LogP contribution in [0.3, 0.4) is 0 Å². The number of fused-ring (bicyclic) bond motifs is 1. The summed E-state index contributed by atoms with van der Waals surface area (Å²) < 4.78 is 39.8. The van der Waals surface area contributed by atoms with E-state index in [1.807, 2.05) is 67.9 Å². The number of pyridine rings is 1. The number of nitrogens with zero attached hydrogens (tertiary/aromatic N) is 5. The van der Waals surface area contributed by atoms with E-state index in [1.54, 1.807) is 18.4 Å². The lowest BCUT2D eigenvalue weighted by Crippen LogP contribution is -2.30. The Kier molecular flexibility index (Phi) is 12.3. The molecule has 0 radical (unpaired) electrons. The van der Waals surface area contributed by atoms with Crippen LogP contribution >= 0.6 is 11.3 Å². The summed E-state index contributed by atoms with van der Waals surface area (Å²) in [5.74, 6) is 0.835. The minimum absolute atomic E-state index is 0.0408. The number of carbonyl (C=O) groups excluding carboxylic acids is 1. The van der Waals surface area contributed by atoms with Crippen molar-refractivity contribution >= 4 is 44.2 Å². The van der Waals surface area contributed by atoms with Crippen molar-refractivity contribution in [2.45, 2.75) is 51.8 Å². The molecule has 6 rings (SSSR count). The summed E-state index contributed by atoms with van der Waals surface area (Å²) in [6.07, 6.45) is 2.38. The Hall–Kier alpha value is -5.22. The van der Waals surface area contributed by atoms with Gasteiger partial charge in [0.25, 0.3) is 5.88 Å². The largest absolute Gasteiger partial charge is 0.478 e. The molecule has 0 saturated carbocycles. The molecule has 13 nitrogen and oxygen atoms in total. The van der Waals surface area contributed by atoms with Crippen LogP contribution in [0.1, 0.15) is 43.4 Å². The maximum Gasteiger partial charge on any atom is 0.344 e. The van der Waals surface area contributed by atoms with Crippen molar-refractivity contribution in [2.75, 3.05) is 19.0 Å². The number of hydrogen-bond donors (Lipinski definition) is 3. The Morgan fingerprint density at radius 2 is 1.75 bits per heavy atom. The van der Waals surface area contributed by atoms with E-state index in [0.29, 0.717) is 30.3 Å². The van der Waals surface area contributed by atoms with Gasteiger partial charge in [0.05, 0.1) is 37.7 Å². The standard InChI is InChI=1S/C26H23N3O3S2.C11H18N4O3/c1-3-21-15-23-24(17(2)27-21)25(20-7-5-4-6-8-20)28-29(23)16-18-9-11-19(12-10-18)22-13-14-33-26(22)34(30,31)32;1-7(2)6-18-15-11(16)14-9-10(17-4)13-8(3)5-12-9/h4-15H,3,16H2,1-2H3,(H,30,31,32);5,7H,6H2,1-4H3,(H2,12,14,15,16). The number of aromatic nitrogens is 5. The van der Waals surface area contributed by atoms with Crippen LogP contribution in [0.15, 0.2) is 82.5 Å². The van der Waals surface area contributed by atoms with E-state index in [-0.39, 0.29) is 15.9 Å². The quantitative estimate of drug-likeness (QED) is 0.0892. The van der Waals surface area contributed by atoms with Crippen molar-refractivity contribution in [1.82, 2.24) is 30.2 Å². The third-order valence-electron chi connectivity index (χ3n) is 7.71. The fourth-order valence-corrected chi connectivity index (χ4v) is 7.06. The summed E-state index contributed by atoms with van der Waals surface area (Å²) in [5, 5.41) is 10.2. The highest BCUT2D eigenvalue weighted by atomic mass is 32.3. The fourth-order valence-electron chi connectivity index (χ4n) is 5.30. The molecule has 0 atom stereocenters. The lowest BCUT2D eigenvalue weighted by Gasteiger charge is -2.10. The molecule has 0 aliphatic rings. The monoisotopic (exact) mass is 743 g/mol. The molecule has 2 amide bonds. The molecule has 0 saturated heterocycles. The van der Waals surface area contributed by atoms with Gasteiger partial charge in [0.2, 0.25) is 0 Å². The molecule has 272 valence electrons. The van der Waals surface area contributed by atoms with Crippen molar-refractivity contribution < 1.29 is 27.3 Å². The third-order valence-corrected chi connectivity index (χ3v) is 10.0. The number of ether oxygens (including phenoxy) is 1. The van der Waals surface area contributed by atoms with Crippen LogP contribution in [0.4, 0.5) is 10.6 Å². The summed E-state index contributed by atoms with van der Waals surface area (Å²) in [6.45, 7) is 10.9. The molecule has 2 aromatic carbocycles. The van der Waals surface area contributed by atoms with Crippen LogP contribution < -0.4 is 15.5 Å². The van der Waals surface area contributed by atoms with E-state index < -0.39 is 16.1 Å². The van der Waals surface area contributed by atoms with Crippen molar-refractivity contribution in [1.29, 1.82) is 0 Å². The minimum atomic E-state index is -4.26. The summed E-state index contributed by atoms with van der Waals surface area (Å²) in [4.78, 5) is 29.3. The molecule has 4 aromatic heterocycles. The number of anilines is 1. The second-order valence-electron chi connectivity index (χ2n) is 12.2. The van der Waals surface area contributed by atoms with E-state index in [2.05, 4.69) is 45.9 Å². The number of thiophene rings is 1. The lowest BCUT2D eigenvalue weighted by molar-refractivity contribution is 0.0481. The average molecular weight is 744 g/mol. The topological polar surface area (TPSA) is 170 Å². The highest BCUT2D eigenvalue weighted by Gasteiger charge is 2.19. The van der Waals surface area contributed by atoms with Gasteiger partial charge in [-0.3, -0.25) is 24.4 Å². The van der Waals surface area contributed by atoms with Gasteiger partial charge in [0, 0.05) is 27.9 Å². The molecule has 15 heteroatoms. The maximum absolute atomic E-state index is 11.7. The van der Waals surface area contributed by atoms with Crippen molar-refractivity contribution in [3.8, 4) is 28.3 Å². The molecule has 0 unspecified atom stereocenters. The Balaban J connectivity index is 0.000000246. The number of hydroxylamine groups is 1. The van der Waals surface area contributed by atoms with Gasteiger partial charge in [-0.05, 0) is 54.8 Å². The van der Waals surface area contributed by atoms with Gasteiger partial charge in [0.1, 0.15) is 5.69 Å². The number of methoxy groups -OCH3 is 1. The van der Waals surface area contributed by atoms with Gasteiger partial charge in [-0.15, -0.1) is 11.3 Å². The molecule has 0 spiro atoms. The lowest BCUT2D eigenvalue weighted by atomic mass is 10.1. The molecule has 0 aliphatic carbocycles. The second kappa shape index (κ2) is 16.9. The maximum atomic E-state index is 11.7. The molecule has 0 aliphatic heterocycles. The molecule has 0 bridgehead atoms. The Labute approximate surface area is 306 Å². The molecule has 6 aromatic rings. The summed E-state index contributed by atoms with van der Waals surface area (Å²) >= 11 is 1.01. The summed E-state index contributed by atoms with van der Waals surface area (Å²) in [6, 6.07) is 21.1. The fraction of sp³-hybridized carbons (Fsp3) is 0.270. The van der Waals surface area contributed by atoms with Gasteiger partial charge >= 0.3 is 16.1 Å². The number of amides is 2. The van der Waals surface area contributed by atoms with Crippen LogP contribution in [0.25, 0.3) is 33.3 Å². The SMILES string of the molecule is CCc1cc2c(c(C)n1)c(-c1ccccc1)nn2Cc1ccc(-c2ccsc2S(=O)(=O)O)cc1.COc1nc(C)cnc1NC(=O)NOCC(C)C. The van der Waals surface area contributed by atoms with Gasteiger partial charge < -0.3 is 4.74 Å². The first-order valence-corrected chi connectivity index (χ1v) is 18.8. The minimum Gasteiger partial charge on any atom is -0.478 e. The van der Waals surface area contributed by atoms with Gasteiger partial charge in [0.15, 0.2) is 10.0 Å². The number of rotatable bonds is 11. The molecule has 0 fully saturated rings. The van der Waals surface area contributed by atoms with Crippen LogP contribution in [0.5, 0.6) is 5.88 Å². The first-order chi connectivity index (χ1) is 24.9. The molecular weight excluding hydrogens is 703 g/mol. The Morgan fingerprint density at radius 1 is 1.02 bits per heavy atom. The van der Waals surface area contributed by atoms with Crippen molar-refractivity contribution in [3.05, 3.63) is 101 Å². The van der Waals surface area contributed by atoms with E-state index >= 15 is 0 Å².